The van der Waals surface area contributed by atoms with Crippen molar-refractivity contribution in [1.29, 1.82) is 0 Å². The number of aromatic hydroxyl groups is 1. The van der Waals surface area contributed by atoms with E-state index in [1.165, 1.54) is 18.2 Å². The average Bonchev–Trinajstić information content (AvgIpc) is 2.80. The SMILES string of the molecule is COC1CCC(NC(=O)c2cc(O)ccc2N)C1. The highest BCUT2D eigenvalue weighted by Crippen LogP contribution is 2.23. The van der Waals surface area contributed by atoms with E-state index >= 15 is 0 Å². The van der Waals surface area contributed by atoms with Crippen LogP contribution >= 0.6 is 0 Å². The van der Waals surface area contributed by atoms with Gasteiger partial charge in [0.25, 0.3) is 5.91 Å². The van der Waals surface area contributed by atoms with E-state index in [9.17, 15) is 9.90 Å². The van der Waals surface area contributed by atoms with Crippen LogP contribution in [0.1, 0.15) is 29.6 Å². The van der Waals surface area contributed by atoms with Gasteiger partial charge in [0.15, 0.2) is 0 Å². The highest BCUT2D eigenvalue weighted by Gasteiger charge is 2.26. The molecule has 0 radical (unpaired) electrons. The van der Waals surface area contributed by atoms with Crippen LogP contribution in [0.5, 0.6) is 5.75 Å². The largest absolute Gasteiger partial charge is 0.508 e. The summed E-state index contributed by atoms with van der Waals surface area (Å²) in [7, 11) is 1.68. The van der Waals surface area contributed by atoms with Gasteiger partial charge in [0.2, 0.25) is 0 Å². The number of phenols is 1. The van der Waals surface area contributed by atoms with Crippen LogP contribution in [0.15, 0.2) is 18.2 Å². The first kappa shape index (κ1) is 12.7. The minimum Gasteiger partial charge on any atom is -0.508 e. The van der Waals surface area contributed by atoms with Crippen LogP contribution in [0, 0.1) is 0 Å². The lowest BCUT2D eigenvalue weighted by Gasteiger charge is -2.14. The van der Waals surface area contributed by atoms with Crippen LogP contribution < -0.4 is 11.1 Å². The van der Waals surface area contributed by atoms with E-state index in [-0.39, 0.29) is 23.8 Å². The number of rotatable bonds is 3. The molecule has 18 heavy (non-hydrogen) atoms. The number of methoxy groups -OCH3 is 1. The number of ether oxygens (including phenoxy) is 1. The first-order chi connectivity index (χ1) is 8.60. The van der Waals surface area contributed by atoms with E-state index in [0.717, 1.165) is 19.3 Å². The molecule has 0 saturated heterocycles. The number of hydrogen-bond donors (Lipinski definition) is 3. The molecule has 98 valence electrons. The number of nitrogens with two attached hydrogens (primary N) is 1. The summed E-state index contributed by atoms with van der Waals surface area (Å²) in [4.78, 5) is 12.0. The summed E-state index contributed by atoms with van der Waals surface area (Å²) in [6, 6.07) is 4.48. The second-order valence-corrected chi connectivity index (χ2v) is 4.61. The van der Waals surface area contributed by atoms with Crippen LogP contribution in [0.4, 0.5) is 5.69 Å². The van der Waals surface area contributed by atoms with Gasteiger partial charge in [0.1, 0.15) is 5.75 Å². The lowest BCUT2D eigenvalue weighted by Crippen LogP contribution is -2.33. The second kappa shape index (κ2) is 5.27. The zero-order chi connectivity index (χ0) is 13.1. The van der Waals surface area contributed by atoms with E-state index in [2.05, 4.69) is 5.32 Å². The Morgan fingerprint density at radius 3 is 2.94 bits per heavy atom. The van der Waals surface area contributed by atoms with Gasteiger partial charge in [-0.05, 0) is 37.5 Å². The summed E-state index contributed by atoms with van der Waals surface area (Å²) in [6.07, 6.45) is 2.90. The Balaban J connectivity index is 2.02. The number of anilines is 1. The molecule has 5 heteroatoms. The molecule has 0 bridgehead atoms. The number of amides is 1. The molecule has 1 amide bonds. The third-order valence-corrected chi connectivity index (χ3v) is 3.33. The van der Waals surface area contributed by atoms with Crippen LogP contribution in [0.25, 0.3) is 0 Å². The van der Waals surface area contributed by atoms with Crippen molar-refractivity contribution in [2.45, 2.75) is 31.4 Å². The number of carbonyl (C=O) groups excluding carboxylic acids is 1. The molecular weight excluding hydrogens is 232 g/mol. The van der Waals surface area contributed by atoms with E-state index in [1.807, 2.05) is 0 Å². The lowest BCUT2D eigenvalue weighted by atomic mass is 10.1. The molecular formula is C13H18N2O3. The maximum Gasteiger partial charge on any atom is 0.253 e. The van der Waals surface area contributed by atoms with Crippen molar-refractivity contribution in [3.63, 3.8) is 0 Å². The Labute approximate surface area is 106 Å². The van der Waals surface area contributed by atoms with Crippen molar-refractivity contribution >= 4 is 11.6 Å². The van der Waals surface area contributed by atoms with Gasteiger partial charge >= 0.3 is 0 Å². The van der Waals surface area contributed by atoms with E-state index in [0.29, 0.717) is 11.3 Å². The first-order valence-corrected chi connectivity index (χ1v) is 6.02. The smallest absolute Gasteiger partial charge is 0.253 e. The Morgan fingerprint density at radius 2 is 2.28 bits per heavy atom. The topological polar surface area (TPSA) is 84.6 Å². The molecule has 0 aliphatic heterocycles. The maximum atomic E-state index is 12.0. The Kier molecular flexibility index (Phi) is 3.72. The summed E-state index contributed by atoms with van der Waals surface area (Å²) in [5.74, 6) is -0.208. The Bertz CT molecular complexity index is 448. The summed E-state index contributed by atoms with van der Waals surface area (Å²) in [5.41, 5.74) is 6.40. The molecule has 1 aromatic rings. The molecule has 1 aliphatic carbocycles. The molecule has 0 spiro atoms. The van der Waals surface area contributed by atoms with Gasteiger partial charge in [0.05, 0.1) is 11.7 Å². The molecule has 1 aliphatic rings. The van der Waals surface area contributed by atoms with Gasteiger partial charge in [-0.15, -0.1) is 0 Å². The summed E-state index contributed by atoms with van der Waals surface area (Å²) < 4.78 is 5.26. The predicted molar refractivity (Wildman–Crippen MR) is 68.4 cm³/mol. The van der Waals surface area contributed by atoms with E-state index < -0.39 is 0 Å². The molecule has 1 fully saturated rings. The van der Waals surface area contributed by atoms with Crippen molar-refractivity contribution in [2.24, 2.45) is 0 Å². The number of phenolic OH excluding ortho intramolecular Hbond substituents is 1. The molecule has 1 aromatic carbocycles. The Morgan fingerprint density at radius 1 is 1.50 bits per heavy atom. The van der Waals surface area contributed by atoms with Gasteiger partial charge in [-0.3, -0.25) is 4.79 Å². The van der Waals surface area contributed by atoms with Gasteiger partial charge in [-0.2, -0.15) is 0 Å². The van der Waals surface area contributed by atoms with Crippen molar-refractivity contribution in [3.8, 4) is 5.75 Å². The number of benzene rings is 1. The zero-order valence-electron chi connectivity index (χ0n) is 10.3. The van der Waals surface area contributed by atoms with Crippen molar-refractivity contribution < 1.29 is 14.6 Å². The van der Waals surface area contributed by atoms with Crippen LogP contribution in [-0.2, 0) is 4.74 Å². The lowest BCUT2D eigenvalue weighted by molar-refractivity contribution is 0.0915. The third-order valence-electron chi connectivity index (χ3n) is 3.33. The molecule has 2 rings (SSSR count). The Hall–Kier alpha value is -1.75. The number of nitrogen functional groups attached to an aromatic ring is 1. The van der Waals surface area contributed by atoms with Crippen LogP contribution in [0.2, 0.25) is 0 Å². The molecule has 2 atom stereocenters. The third kappa shape index (κ3) is 2.73. The van der Waals surface area contributed by atoms with Gasteiger partial charge in [0, 0.05) is 18.8 Å². The quantitative estimate of drug-likeness (QED) is 0.557. The van der Waals surface area contributed by atoms with Crippen molar-refractivity contribution in [2.75, 3.05) is 12.8 Å². The fourth-order valence-corrected chi connectivity index (χ4v) is 2.29. The maximum absolute atomic E-state index is 12.0. The molecule has 2 unspecified atom stereocenters. The molecule has 1 saturated carbocycles. The minimum absolute atomic E-state index is 0.0375. The fraction of sp³-hybridized carbons (Fsp3) is 0.462. The monoisotopic (exact) mass is 250 g/mol. The van der Waals surface area contributed by atoms with E-state index in [4.69, 9.17) is 10.5 Å². The summed E-state index contributed by atoms with van der Waals surface area (Å²) >= 11 is 0. The first-order valence-electron chi connectivity index (χ1n) is 6.02. The van der Waals surface area contributed by atoms with Crippen LogP contribution in [-0.4, -0.2) is 30.3 Å². The zero-order valence-corrected chi connectivity index (χ0v) is 10.3. The highest BCUT2D eigenvalue weighted by molar-refractivity contribution is 5.99. The van der Waals surface area contributed by atoms with Gasteiger partial charge in [-0.1, -0.05) is 0 Å². The second-order valence-electron chi connectivity index (χ2n) is 4.61. The standard InChI is InChI=1S/C13H18N2O3/c1-18-10-4-2-8(6-10)15-13(17)11-7-9(16)3-5-12(11)14/h3,5,7-8,10,16H,2,4,6,14H2,1H3,(H,15,17). The van der Waals surface area contributed by atoms with Crippen LogP contribution in [0.3, 0.4) is 0 Å². The fourth-order valence-electron chi connectivity index (χ4n) is 2.29. The van der Waals surface area contributed by atoms with Crippen molar-refractivity contribution in [1.82, 2.24) is 5.32 Å². The molecule has 0 aromatic heterocycles. The highest BCUT2D eigenvalue weighted by atomic mass is 16.5. The minimum atomic E-state index is -0.245. The number of carbonyl (C=O) groups is 1. The normalized spacial score (nSPS) is 22.9. The number of hydrogen-bond acceptors (Lipinski definition) is 4. The average molecular weight is 250 g/mol. The molecule has 4 N–H and O–H groups in total. The predicted octanol–water partition coefficient (Wildman–Crippen LogP) is 1.27. The van der Waals surface area contributed by atoms with Gasteiger partial charge < -0.3 is 20.9 Å². The summed E-state index contributed by atoms with van der Waals surface area (Å²) in [5, 5.41) is 12.3. The molecule has 5 nitrogen and oxygen atoms in total. The van der Waals surface area contributed by atoms with Gasteiger partial charge in [-0.25, -0.2) is 0 Å². The van der Waals surface area contributed by atoms with E-state index in [1.54, 1.807) is 7.11 Å². The summed E-state index contributed by atoms with van der Waals surface area (Å²) in [6.45, 7) is 0. The van der Waals surface area contributed by atoms with Crippen molar-refractivity contribution in [3.05, 3.63) is 23.8 Å². The number of nitrogens with one attached hydrogen (secondary N) is 1. The molecule has 0 heterocycles.